The van der Waals surface area contributed by atoms with Gasteiger partial charge in [-0.1, -0.05) is 0 Å². The molecule has 0 spiro atoms. The monoisotopic (exact) mass is 264 g/mol. The van der Waals surface area contributed by atoms with Gasteiger partial charge in [-0.3, -0.25) is 4.79 Å². The highest BCUT2D eigenvalue weighted by atomic mass is 16.4. The number of nitrogens with zero attached hydrogens (tertiary/aromatic N) is 1. The maximum Gasteiger partial charge on any atom is 0.335 e. The van der Waals surface area contributed by atoms with E-state index < -0.39 is 11.9 Å². The van der Waals surface area contributed by atoms with Crippen LogP contribution < -0.4 is 10.2 Å². The summed E-state index contributed by atoms with van der Waals surface area (Å²) in [5.74, 6) is -1.81. The number of rotatable bonds is 4. The Bertz CT molecular complexity index is 515. The normalized spacial score (nSPS) is 15.3. The summed E-state index contributed by atoms with van der Waals surface area (Å²) in [5.41, 5.74) is 1.81. The second-order valence-corrected chi connectivity index (χ2v) is 4.60. The summed E-state index contributed by atoms with van der Waals surface area (Å²) < 4.78 is 0. The summed E-state index contributed by atoms with van der Waals surface area (Å²) in [6.07, 6.45) is 0.0557. The third-order valence-corrected chi connectivity index (χ3v) is 3.22. The minimum atomic E-state index is -0.972. The fourth-order valence-electron chi connectivity index (χ4n) is 2.31. The highest BCUT2D eigenvalue weighted by molar-refractivity contribution is 5.91. The number of fused-ring (bicyclic) bond motifs is 1. The lowest BCUT2D eigenvalue weighted by molar-refractivity contribution is -0.137. The minimum absolute atomic E-state index is 0.0557. The summed E-state index contributed by atoms with van der Waals surface area (Å²) in [5, 5.41) is 21.0. The summed E-state index contributed by atoms with van der Waals surface area (Å²) in [6, 6.07) is 4.71. The quantitative estimate of drug-likeness (QED) is 0.763. The molecule has 0 amide bonds. The number of hydrogen-bond acceptors (Lipinski definition) is 4. The maximum atomic E-state index is 10.9. The number of carboxylic acid groups (broad SMARTS) is 2. The van der Waals surface area contributed by atoms with E-state index in [4.69, 9.17) is 10.2 Å². The highest BCUT2D eigenvalue weighted by Crippen LogP contribution is 2.31. The van der Waals surface area contributed by atoms with Crippen molar-refractivity contribution in [3.63, 3.8) is 0 Å². The molecule has 0 saturated carbocycles. The van der Waals surface area contributed by atoms with E-state index in [0.29, 0.717) is 13.1 Å². The Balaban J connectivity index is 2.29. The van der Waals surface area contributed by atoms with Crippen LogP contribution in [-0.2, 0) is 4.79 Å². The van der Waals surface area contributed by atoms with Crippen LogP contribution in [0.2, 0.25) is 0 Å². The van der Waals surface area contributed by atoms with Crippen LogP contribution in [0.25, 0.3) is 0 Å². The van der Waals surface area contributed by atoms with E-state index in [1.165, 1.54) is 6.07 Å². The zero-order valence-corrected chi connectivity index (χ0v) is 10.6. The Morgan fingerprint density at radius 2 is 2.16 bits per heavy atom. The summed E-state index contributed by atoms with van der Waals surface area (Å²) in [4.78, 5) is 23.7. The molecule has 0 fully saturated rings. The van der Waals surface area contributed by atoms with Crippen LogP contribution in [-0.4, -0.2) is 41.3 Å². The van der Waals surface area contributed by atoms with E-state index in [9.17, 15) is 9.59 Å². The predicted molar refractivity (Wildman–Crippen MR) is 71.0 cm³/mol. The minimum Gasteiger partial charge on any atom is -0.481 e. The zero-order chi connectivity index (χ0) is 14.0. The lowest BCUT2D eigenvalue weighted by atomic mass is 10.1. The van der Waals surface area contributed by atoms with Crippen LogP contribution in [0.5, 0.6) is 0 Å². The number of hydrogen-bond donors (Lipinski definition) is 3. The van der Waals surface area contributed by atoms with Crippen LogP contribution >= 0.6 is 0 Å². The fourth-order valence-corrected chi connectivity index (χ4v) is 2.31. The largest absolute Gasteiger partial charge is 0.481 e. The van der Waals surface area contributed by atoms with Gasteiger partial charge in [0.1, 0.15) is 0 Å². The first kappa shape index (κ1) is 13.2. The highest BCUT2D eigenvalue weighted by Gasteiger charge is 2.23. The Morgan fingerprint density at radius 3 is 2.79 bits per heavy atom. The van der Waals surface area contributed by atoms with Gasteiger partial charge in [0.15, 0.2) is 0 Å². The van der Waals surface area contributed by atoms with E-state index in [1.807, 2.05) is 11.8 Å². The van der Waals surface area contributed by atoms with Crippen LogP contribution in [0, 0.1) is 0 Å². The Morgan fingerprint density at radius 1 is 1.42 bits per heavy atom. The van der Waals surface area contributed by atoms with Crippen molar-refractivity contribution < 1.29 is 19.8 Å². The van der Waals surface area contributed by atoms with Gasteiger partial charge in [0.05, 0.1) is 23.4 Å². The molecule has 19 heavy (non-hydrogen) atoms. The molecule has 1 unspecified atom stereocenters. The number of benzene rings is 1. The van der Waals surface area contributed by atoms with Crippen LogP contribution in [0.1, 0.15) is 23.7 Å². The third-order valence-electron chi connectivity index (χ3n) is 3.22. The van der Waals surface area contributed by atoms with Gasteiger partial charge < -0.3 is 20.4 Å². The Kier molecular flexibility index (Phi) is 3.59. The Labute approximate surface area is 110 Å². The van der Waals surface area contributed by atoms with Crippen molar-refractivity contribution in [3.8, 4) is 0 Å². The van der Waals surface area contributed by atoms with Crippen LogP contribution in [0.4, 0.5) is 11.4 Å². The van der Waals surface area contributed by atoms with Crippen molar-refractivity contribution in [2.75, 3.05) is 23.3 Å². The predicted octanol–water partition coefficient (Wildman–Crippen LogP) is 1.48. The second kappa shape index (κ2) is 5.17. The lowest BCUT2D eigenvalue weighted by Gasteiger charge is -2.36. The Hall–Kier alpha value is -2.24. The molecule has 2 rings (SSSR count). The van der Waals surface area contributed by atoms with Crippen molar-refractivity contribution in [2.24, 2.45) is 0 Å². The number of aliphatic carboxylic acids is 1. The first-order valence-electron chi connectivity index (χ1n) is 6.08. The van der Waals surface area contributed by atoms with Crippen molar-refractivity contribution in [1.82, 2.24) is 0 Å². The van der Waals surface area contributed by atoms with Crippen molar-refractivity contribution in [3.05, 3.63) is 23.8 Å². The third kappa shape index (κ3) is 2.78. The molecule has 0 radical (unpaired) electrons. The van der Waals surface area contributed by atoms with Gasteiger partial charge in [-0.25, -0.2) is 4.79 Å². The number of nitrogens with one attached hydrogen (secondary N) is 1. The average Bonchev–Trinajstić information content (AvgIpc) is 2.36. The first-order valence-corrected chi connectivity index (χ1v) is 6.08. The van der Waals surface area contributed by atoms with Gasteiger partial charge in [0.2, 0.25) is 0 Å². The summed E-state index contributed by atoms with van der Waals surface area (Å²) in [6.45, 7) is 3.22. The second-order valence-electron chi connectivity index (χ2n) is 4.60. The molecule has 1 atom stereocenters. The molecule has 0 bridgehead atoms. The molecule has 1 aliphatic heterocycles. The SMILES string of the molecule is CC(CC(=O)O)N1CCNc2cc(C(=O)O)ccc21. The van der Waals surface area contributed by atoms with E-state index in [2.05, 4.69) is 5.32 Å². The van der Waals surface area contributed by atoms with E-state index in [1.54, 1.807) is 12.1 Å². The van der Waals surface area contributed by atoms with E-state index in [0.717, 1.165) is 11.4 Å². The molecular formula is C13H16N2O4. The molecule has 1 aliphatic rings. The van der Waals surface area contributed by atoms with Crippen molar-refractivity contribution in [1.29, 1.82) is 0 Å². The number of aromatic carboxylic acids is 1. The topological polar surface area (TPSA) is 89.9 Å². The van der Waals surface area contributed by atoms with Gasteiger partial charge in [-0.15, -0.1) is 0 Å². The molecule has 0 aromatic heterocycles. The van der Waals surface area contributed by atoms with Crippen LogP contribution in [0.15, 0.2) is 18.2 Å². The van der Waals surface area contributed by atoms with Gasteiger partial charge >= 0.3 is 11.9 Å². The van der Waals surface area contributed by atoms with Crippen molar-refractivity contribution >= 4 is 23.3 Å². The maximum absolute atomic E-state index is 10.9. The number of carbonyl (C=O) groups is 2. The van der Waals surface area contributed by atoms with Crippen LogP contribution in [0.3, 0.4) is 0 Å². The first-order chi connectivity index (χ1) is 8.99. The smallest absolute Gasteiger partial charge is 0.335 e. The molecule has 6 nitrogen and oxygen atoms in total. The summed E-state index contributed by atoms with van der Waals surface area (Å²) >= 11 is 0. The van der Waals surface area contributed by atoms with Gasteiger partial charge in [0.25, 0.3) is 0 Å². The molecule has 1 aromatic carbocycles. The van der Waals surface area contributed by atoms with E-state index in [-0.39, 0.29) is 18.0 Å². The van der Waals surface area contributed by atoms with Crippen molar-refractivity contribution in [2.45, 2.75) is 19.4 Å². The molecule has 102 valence electrons. The summed E-state index contributed by atoms with van der Waals surface area (Å²) in [7, 11) is 0. The lowest BCUT2D eigenvalue weighted by Crippen LogP contribution is -2.41. The molecule has 6 heteroatoms. The van der Waals surface area contributed by atoms with E-state index >= 15 is 0 Å². The molecule has 3 N–H and O–H groups in total. The van der Waals surface area contributed by atoms with Gasteiger partial charge in [0, 0.05) is 19.1 Å². The molecule has 0 aliphatic carbocycles. The zero-order valence-electron chi connectivity index (χ0n) is 10.6. The average molecular weight is 264 g/mol. The standard InChI is InChI=1S/C13H16N2O4/c1-8(6-12(16)17)15-5-4-14-10-7-9(13(18)19)2-3-11(10)15/h2-3,7-8,14H,4-6H2,1H3,(H,16,17)(H,18,19). The van der Waals surface area contributed by atoms with Gasteiger partial charge in [-0.05, 0) is 25.1 Å². The molecule has 1 heterocycles. The van der Waals surface area contributed by atoms with Gasteiger partial charge in [-0.2, -0.15) is 0 Å². The molecular weight excluding hydrogens is 248 g/mol. The molecule has 0 saturated heterocycles. The number of anilines is 2. The molecule has 1 aromatic rings. The number of carboxylic acids is 2. The fraction of sp³-hybridized carbons (Fsp3) is 0.385.